The number of carbonyl (C=O) groups excluding carboxylic acids is 2. The number of carboxylic acids is 1. The van der Waals surface area contributed by atoms with Crippen LogP contribution < -0.4 is 0 Å². The van der Waals surface area contributed by atoms with Crippen LogP contribution in [0.4, 0.5) is 0 Å². The van der Waals surface area contributed by atoms with Crippen molar-refractivity contribution >= 4 is 17.9 Å². The minimum Gasteiger partial charge on any atom is -0.481 e. The molecule has 1 spiro atoms. The van der Waals surface area contributed by atoms with Gasteiger partial charge in [-0.1, -0.05) is 52.8 Å². The van der Waals surface area contributed by atoms with Crippen LogP contribution in [-0.4, -0.2) is 47.4 Å². The number of aliphatic carboxylic acids is 1. The summed E-state index contributed by atoms with van der Waals surface area (Å²) in [6, 6.07) is 0. The van der Waals surface area contributed by atoms with Crippen LogP contribution in [-0.2, 0) is 28.6 Å². The van der Waals surface area contributed by atoms with Crippen molar-refractivity contribution in [3.63, 3.8) is 0 Å². The molecule has 4 fully saturated rings. The summed E-state index contributed by atoms with van der Waals surface area (Å²) in [6.45, 7) is 15.5. The van der Waals surface area contributed by atoms with Crippen molar-refractivity contribution in [2.75, 3.05) is 7.11 Å². The molecule has 0 radical (unpaired) electrons. The monoisotopic (exact) mass is 570 g/mol. The maximum atomic E-state index is 14.2. The summed E-state index contributed by atoms with van der Waals surface area (Å²) >= 11 is 0. The number of carbonyl (C=O) groups is 3. The quantitative estimate of drug-likeness (QED) is 0.202. The van der Waals surface area contributed by atoms with E-state index in [1.54, 1.807) is 7.11 Å². The second-order valence-electron chi connectivity index (χ2n) is 15.4. The van der Waals surface area contributed by atoms with Crippen molar-refractivity contribution in [1.29, 1.82) is 0 Å². The number of carboxylic acid groups (broad SMARTS) is 1. The van der Waals surface area contributed by atoms with Crippen LogP contribution in [0.3, 0.4) is 0 Å². The van der Waals surface area contributed by atoms with Crippen LogP contribution in [0.15, 0.2) is 24.3 Å². The minimum atomic E-state index is -1.20. The highest BCUT2D eigenvalue weighted by molar-refractivity contribution is 5.90. The molecule has 0 aromatic carbocycles. The first-order valence-electron chi connectivity index (χ1n) is 15.6. The van der Waals surface area contributed by atoms with Gasteiger partial charge in [0.15, 0.2) is 0 Å². The molecule has 7 nitrogen and oxygen atoms in total. The topological polar surface area (TPSA) is 99.1 Å². The molecule has 4 aliphatic carbocycles. The van der Waals surface area contributed by atoms with Gasteiger partial charge in [-0.25, -0.2) is 0 Å². The Bertz CT molecular complexity index is 1170. The third-order valence-corrected chi connectivity index (χ3v) is 13.1. The summed E-state index contributed by atoms with van der Waals surface area (Å²) < 4.78 is 17.8. The van der Waals surface area contributed by atoms with Gasteiger partial charge in [-0.15, -0.1) is 0 Å². The fourth-order valence-electron chi connectivity index (χ4n) is 10.3. The smallest absolute Gasteiger partial charge is 0.317 e. The Morgan fingerprint density at radius 2 is 1.83 bits per heavy atom. The van der Waals surface area contributed by atoms with E-state index in [1.165, 1.54) is 0 Å². The Morgan fingerprint density at radius 3 is 2.49 bits per heavy atom. The van der Waals surface area contributed by atoms with Gasteiger partial charge in [0.2, 0.25) is 0 Å². The van der Waals surface area contributed by atoms with Gasteiger partial charge in [0, 0.05) is 18.4 Å². The highest BCUT2D eigenvalue weighted by atomic mass is 16.6. The van der Waals surface area contributed by atoms with Gasteiger partial charge in [0.1, 0.15) is 18.1 Å². The van der Waals surface area contributed by atoms with E-state index < -0.39 is 40.9 Å². The molecule has 3 saturated carbocycles. The Hall–Kier alpha value is -2.15. The van der Waals surface area contributed by atoms with Gasteiger partial charge in [-0.3, -0.25) is 14.4 Å². The van der Waals surface area contributed by atoms with Crippen LogP contribution in [0, 0.1) is 45.3 Å². The molecule has 1 saturated heterocycles. The molecule has 1 heterocycles. The number of allylic oxidation sites excluding steroid dienone is 2. The Labute approximate surface area is 245 Å². The fraction of sp³-hybridized carbons (Fsp3) is 0.794. The van der Waals surface area contributed by atoms with Crippen molar-refractivity contribution in [2.45, 2.75) is 117 Å². The second-order valence-corrected chi connectivity index (χ2v) is 15.4. The first kappa shape index (κ1) is 30.3. The normalized spacial score (nSPS) is 43.2. The van der Waals surface area contributed by atoms with Crippen molar-refractivity contribution in [3.8, 4) is 0 Å². The van der Waals surface area contributed by atoms with Gasteiger partial charge in [0.05, 0.1) is 11.0 Å². The summed E-state index contributed by atoms with van der Waals surface area (Å²) in [5, 5.41) is 9.07. The molecular weight excluding hydrogens is 520 g/mol. The molecule has 1 aliphatic heterocycles. The zero-order valence-electron chi connectivity index (χ0n) is 26.2. The number of esters is 2. The lowest BCUT2D eigenvalue weighted by Gasteiger charge is -2.63. The fourth-order valence-corrected chi connectivity index (χ4v) is 10.3. The first-order valence-corrected chi connectivity index (χ1v) is 15.6. The van der Waals surface area contributed by atoms with Crippen LogP contribution in [0.5, 0.6) is 0 Å². The van der Waals surface area contributed by atoms with E-state index in [4.69, 9.17) is 19.3 Å². The molecule has 1 N–H and O–H groups in total. The zero-order chi connectivity index (χ0) is 30.2. The van der Waals surface area contributed by atoms with E-state index in [1.807, 2.05) is 13.8 Å². The van der Waals surface area contributed by atoms with Crippen molar-refractivity contribution in [1.82, 2.24) is 0 Å². The molecule has 0 aromatic heterocycles. The Kier molecular flexibility index (Phi) is 7.16. The number of hydrogen-bond donors (Lipinski definition) is 1. The van der Waals surface area contributed by atoms with Crippen molar-refractivity contribution in [3.05, 3.63) is 24.3 Å². The van der Waals surface area contributed by atoms with Crippen LogP contribution in [0.2, 0.25) is 0 Å². The number of rotatable bonds is 8. The molecule has 7 heteroatoms. The Balaban J connectivity index is 1.44. The summed E-state index contributed by atoms with van der Waals surface area (Å²) in [7, 11) is 1.75. The SMILES string of the molecule is COC(C)(C)/C=C/C[C@@H](C)[C@H]1CC[C@@]2(C)[C@@H]3C=C[C@@]45OC(=O)[C@]3(CC[C@]12C)[C@@H]4CC[C@H](OC(=O)CC(=O)O)C5(C)C. The molecular formula is C34H50O7. The number of methoxy groups -OCH3 is 1. The average Bonchev–Trinajstić information content (AvgIpc) is 3.24. The lowest BCUT2D eigenvalue weighted by Crippen LogP contribution is -2.65. The molecule has 0 unspecified atom stereocenters. The minimum absolute atomic E-state index is 0.0129. The first-order chi connectivity index (χ1) is 19.0. The zero-order valence-corrected chi connectivity index (χ0v) is 26.2. The van der Waals surface area contributed by atoms with Gasteiger partial charge >= 0.3 is 17.9 Å². The summed E-state index contributed by atoms with van der Waals surface area (Å²) in [5.74, 6) is -0.829. The third-order valence-electron chi connectivity index (χ3n) is 13.1. The third kappa shape index (κ3) is 4.11. The highest BCUT2D eigenvalue weighted by Gasteiger charge is 2.79. The maximum Gasteiger partial charge on any atom is 0.317 e. The maximum absolute atomic E-state index is 14.2. The standard InChI is InChI=1S/C34H50O7/c1-21(10-9-15-29(2,3)39-8)22-13-16-32(7)23-14-17-34-24(33(23,28(38)41-34)19-18-31(22,32)6)11-12-25(30(34,4)5)40-27(37)20-26(35)36/h9,14-15,17,21-25H,10-13,16,18-20H2,1-8H3,(H,35,36)/b15-9+/t21-,22-,23+,24+,25+,31-,32+,33+,34-/m1/s1. The predicted molar refractivity (Wildman–Crippen MR) is 155 cm³/mol. The van der Waals surface area contributed by atoms with E-state index in [-0.39, 0.29) is 34.2 Å². The van der Waals surface area contributed by atoms with Crippen LogP contribution >= 0.6 is 0 Å². The summed E-state index contributed by atoms with van der Waals surface area (Å²) in [4.78, 5) is 37.6. The molecule has 0 amide bonds. The van der Waals surface area contributed by atoms with Gasteiger partial charge in [0.25, 0.3) is 0 Å². The molecule has 5 rings (SSSR count). The van der Waals surface area contributed by atoms with E-state index in [2.05, 4.69) is 58.9 Å². The number of fused-ring (bicyclic) bond motifs is 2. The van der Waals surface area contributed by atoms with E-state index in [9.17, 15) is 14.4 Å². The van der Waals surface area contributed by atoms with Gasteiger partial charge < -0.3 is 19.3 Å². The highest BCUT2D eigenvalue weighted by Crippen LogP contribution is 2.77. The lowest BCUT2D eigenvalue weighted by atomic mass is 9.38. The number of hydrogen-bond acceptors (Lipinski definition) is 6. The lowest BCUT2D eigenvalue weighted by molar-refractivity contribution is -0.193. The average molecular weight is 571 g/mol. The molecule has 9 atom stereocenters. The van der Waals surface area contributed by atoms with E-state index in [0.29, 0.717) is 24.7 Å². The molecule has 5 aliphatic rings. The van der Waals surface area contributed by atoms with E-state index >= 15 is 0 Å². The molecule has 2 bridgehead atoms. The van der Waals surface area contributed by atoms with Crippen molar-refractivity contribution < 1.29 is 33.7 Å². The molecule has 0 aromatic rings. The van der Waals surface area contributed by atoms with E-state index in [0.717, 1.165) is 32.1 Å². The molecule has 228 valence electrons. The largest absolute Gasteiger partial charge is 0.481 e. The van der Waals surface area contributed by atoms with Crippen LogP contribution in [0.25, 0.3) is 0 Å². The van der Waals surface area contributed by atoms with Gasteiger partial charge in [-0.2, -0.15) is 0 Å². The number of ether oxygens (including phenoxy) is 3. The second kappa shape index (κ2) is 9.68. The van der Waals surface area contributed by atoms with Crippen molar-refractivity contribution in [2.24, 2.45) is 45.3 Å². The molecule has 41 heavy (non-hydrogen) atoms. The van der Waals surface area contributed by atoms with Gasteiger partial charge in [-0.05, 0) is 93.5 Å². The summed E-state index contributed by atoms with van der Waals surface area (Å²) in [5.41, 5.74) is -2.30. The Morgan fingerprint density at radius 1 is 1.12 bits per heavy atom. The van der Waals surface area contributed by atoms with Crippen LogP contribution in [0.1, 0.15) is 99.8 Å². The summed E-state index contributed by atoms with van der Waals surface area (Å²) in [6.07, 6.45) is 14.1. The predicted octanol–water partition coefficient (Wildman–Crippen LogP) is 6.50.